The Balaban J connectivity index is 1.38. The van der Waals surface area contributed by atoms with E-state index in [2.05, 4.69) is 5.32 Å². The SMILES string of the molecule is Cc1cccc(NC(=O)Cn2c3c(sc2=O)[C@@H](c2ccccc2)[C@@H]2C(=O)N(c4ccc([N+](=O)[O-])cc4)C(=O)[C@@H]2S3)c1. The number of aryl methyl sites for hydroxylation is 1. The van der Waals surface area contributed by atoms with E-state index in [0.717, 1.165) is 39.1 Å². The summed E-state index contributed by atoms with van der Waals surface area (Å²) in [6, 6.07) is 21.8. The number of hydrogen-bond donors (Lipinski definition) is 1. The summed E-state index contributed by atoms with van der Waals surface area (Å²) in [4.78, 5) is 65.8. The number of nitrogens with zero attached hydrogens (tertiary/aromatic N) is 3. The number of anilines is 2. The average Bonchev–Trinajstić information content (AvgIpc) is 3.39. The van der Waals surface area contributed by atoms with Crippen LogP contribution in [-0.4, -0.2) is 32.5 Å². The van der Waals surface area contributed by atoms with Crippen molar-refractivity contribution >= 4 is 57.9 Å². The van der Waals surface area contributed by atoms with Crippen LogP contribution in [0.2, 0.25) is 0 Å². The highest BCUT2D eigenvalue weighted by Crippen LogP contribution is 2.53. The molecule has 1 aromatic heterocycles. The first-order chi connectivity index (χ1) is 19.7. The van der Waals surface area contributed by atoms with E-state index in [-0.39, 0.29) is 22.8 Å². The first-order valence-corrected chi connectivity index (χ1v) is 14.4. The Hall–Kier alpha value is -4.55. The second-order valence-corrected chi connectivity index (χ2v) is 11.9. The van der Waals surface area contributed by atoms with Crippen molar-refractivity contribution in [3.63, 3.8) is 0 Å². The summed E-state index contributed by atoms with van der Waals surface area (Å²) in [5.41, 5.74) is 2.44. The van der Waals surface area contributed by atoms with Gasteiger partial charge >= 0.3 is 4.87 Å². The van der Waals surface area contributed by atoms with Crippen molar-refractivity contribution in [2.45, 2.75) is 29.7 Å². The number of thiazole rings is 1. The molecule has 1 saturated heterocycles. The van der Waals surface area contributed by atoms with Gasteiger partial charge < -0.3 is 5.32 Å². The first-order valence-electron chi connectivity index (χ1n) is 12.7. The Morgan fingerprint density at radius 2 is 1.71 bits per heavy atom. The van der Waals surface area contributed by atoms with Gasteiger partial charge in [0.05, 0.1) is 21.6 Å². The molecule has 10 nitrogen and oxygen atoms in total. The quantitative estimate of drug-likeness (QED) is 0.199. The number of imide groups is 1. The summed E-state index contributed by atoms with van der Waals surface area (Å²) in [6.45, 7) is 1.66. The van der Waals surface area contributed by atoms with E-state index >= 15 is 0 Å². The predicted molar refractivity (Wildman–Crippen MR) is 155 cm³/mol. The molecule has 0 aliphatic carbocycles. The van der Waals surface area contributed by atoms with Crippen LogP contribution < -0.4 is 15.1 Å². The molecule has 12 heteroatoms. The van der Waals surface area contributed by atoms with Crippen LogP contribution >= 0.6 is 23.1 Å². The number of nitrogens with one attached hydrogen (secondary N) is 1. The van der Waals surface area contributed by atoms with E-state index in [1.807, 2.05) is 55.5 Å². The van der Waals surface area contributed by atoms with Gasteiger partial charge in [0.25, 0.3) is 5.69 Å². The minimum absolute atomic E-state index is 0.156. The van der Waals surface area contributed by atoms with Gasteiger partial charge in [0.2, 0.25) is 17.7 Å². The molecule has 3 atom stereocenters. The summed E-state index contributed by atoms with van der Waals surface area (Å²) in [7, 11) is 0. The number of carbonyl (C=O) groups is 3. The number of fused-ring (bicyclic) bond motifs is 2. The number of nitro benzene ring substituents is 1. The number of aromatic nitrogens is 1. The van der Waals surface area contributed by atoms with Crippen LogP contribution in [0.4, 0.5) is 17.1 Å². The van der Waals surface area contributed by atoms with Crippen molar-refractivity contribution in [3.05, 3.63) is 115 Å². The molecular weight excluding hydrogens is 564 g/mol. The molecule has 3 aromatic carbocycles. The first kappa shape index (κ1) is 26.7. The Labute approximate surface area is 241 Å². The zero-order valence-corrected chi connectivity index (χ0v) is 23.2. The highest BCUT2D eigenvalue weighted by molar-refractivity contribution is 8.00. The second-order valence-electron chi connectivity index (χ2n) is 9.78. The number of carbonyl (C=O) groups excluding carboxylic acids is 3. The van der Waals surface area contributed by atoms with Crippen LogP contribution in [0.25, 0.3) is 0 Å². The van der Waals surface area contributed by atoms with Gasteiger partial charge in [-0.3, -0.25) is 33.9 Å². The number of nitro groups is 1. The summed E-state index contributed by atoms with van der Waals surface area (Å²) in [5, 5.41) is 13.6. The topological polar surface area (TPSA) is 132 Å². The smallest absolute Gasteiger partial charge is 0.308 e. The summed E-state index contributed by atoms with van der Waals surface area (Å²) in [5.74, 6) is -2.69. The van der Waals surface area contributed by atoms with Gasteiger partial charge in [0.15, 0.2) is 0 Å². The Morgan fingerprint density at radius 1 is 0.976 bits per heavy atom. The average molecular weight is 587 g/mol. The molecule has 1 fully saturated rings. The van der Waals surface area contributed by atoms with Gasteiger partial charge in [-0.15, -0.1) is 0 Å². The lowest BCUT2D eigenvalue weighted by Crippen LogP contribution is -2.33. The fourth-order valence-electron chi connectivity index (χ4n) is 5.32. The molecule has 206 valence electrons. The Bertz CT molecular complexity index is 1770. The molecule has 0 unspecified atom stereocenters. The summed E-state index contributed by atoms with van der Waals surface area (Å²) in [6.07, 6.45) is 0. The Kier molecular flexibility index (Phi) is 6.80. The fourth-order valence-corrected chi connectivity index (χ4v) is 8.09. The normalized spacial score (nSPS) is 19.5. The van der Waals surface area contributed by atoms with Crippen molar-refractivity contribution in [1.29, 1.82) is 0 Å². The zero-order valence-electron chi connectivity index (χ0n) is 21.6. The second kappa shape index (κ2) is 10.5. The number of non-ortho nitro benzene ring substituents is 1. The van der Waals surface area contributed by atoms with E-state index in [9.17, 15) is 29.3 Å². The van der Waals surface area contributed by atoms with Crippen LogP contribution in [0.5, 0.6) is 0 Å². The maximum Gasteiger partial charge on any atom is 0.308 e. The molecule has 41 heavy (non-hydrogen) atoms. The highest BCUT2D eigenvalue weighted by atomic mass is 32.2. The van der Waals surface area contributed by atoms with Gasteiger partial charge in [0.1, 0.15) is 11.8 Å². The van der Waals surface area contributed by atoms with Crippen LogP contribution in [-0.2, 0) is 20.9 Å². The molecule has 0 spiro atoms. The number of benzene rings is 3. The Morgan fingerprint density at radius 3 is 2.39 bits per heavy atom. The van der Waals surface area contributed by atoms with Crippen LogP contribution in [0.15, 0.2) is 88.7 Å². The maximum absolute atomic E-state index is 13.9. The van der Waals surface area contributed by atoms with Crippen molar-refractivity contribution < 1.29 is 19.3 Å². The third-order valence-corrected chi connectivity index (χ3v) is 9.73. The standard InChI is InChI=1S/C29H22N4O6S2/c1-16-6-5-9-18(14-16)30-21(34)15-31-28-25(41-29(31)37)22(17-7-3-2-4-8-17)23-24(40-28)27(36)32(26(23)35)19-10-12-20(13-11-19)33(38)39/h2-14,22-24H,15H2,1H3,(H,30,34)/t22-,23-,24+/m0/s1. The minimum Gasteiger partial charge on any atom is -0.325 e. The number of thioether (sulfide) groups is 1. The van der Waals surface area contributed by atoms with E-state index in [1.165, 1.54) is 28.8 Å². The van der Waals surface area contributed by atoms with Gasteiger partial charge in [-0.2, -0.15) is 0 Å². The molecule has 3 heterocycles. The lowest BCUT2D eigenvalue weighted by molar-refractivity contribution is -0.384. The molecule has 3 amide bonds. The van der Waals surface area contributed by atoms with Crippen LogP contribution in [0, 0.1) is 23.0 Å². The zero-order chi connectivity index (χ0) is 28.8. The van der Waals surface area contributed by atoms with Gasteiger partial charge in [0, 0.05) is 28.6 Å². The minimum atomic E-state index is -0.851. The van der Waals surface area contributed by atoms with E-state index in [0.29, 0.717) is 15.6 Å². The van der Waals surface area contributed by atoms with E-state index in [1.54, 1.807) is 6.07 Å². The maximum atomic E-state index is 13.9. The molecule has 6 rings (SSSR count). The third-order valence-electron chi connectivity index (χ3n) is 7.13. The molecular formula is C29H22N4O6S2. The predicted octanol–water partition coefficient (Wildman–Crippen LogP) is 4.56. The molecule has 4 aromatic rings. The summed E-state index contributed by atoms with van der Waals surface area (Å²) >= 11 is 2.09. The van der Waals surface area contributed by atoms with Gasteiger partial charge in [-0.1, -0.05) is 65.6 Å². The molecule has 2 aliphatic rings. The van der Waals surface area contributed by atoms with Gasteiger partial charge in [-0.05, 0) is 42.3 Å². The van der Waals surface area contributed by atoms with Crippen molar-refractivity contribution in [3.8, 4) is 0 Å². The van der Waals surface area contributed by atoms with Crippen LogP contribution in [0.1, 0.15) is 21.9 Å². The number of hydrogen-bond acceptors (Lipinski definition) is 8. The molecule has 2 aliphatic heterocycles. The van der Waals surface area contributed by atoms with Gasteiger partial charge in [-0.25, -0.2) is 4.90 Å². The molecule has 0 radical (unpaired) electrons. The van der Waals surface area contributed by atoms with E-state index in [4.69, 9.17) is 0 Å². The molecule has 0 bridgehead atoms. The lowest BCUT2D eigenvalue weighted by atomic mass is 9.83. The fraction of sp³-hybridized carbons (Fsp3) is 0.172. The third kappa shape index (κ3) is 4.74. The highest BCUT2D eigenvalue weighted by Gasteiger charge is 2.56. The van der Waals surface area contributed by atoms with E-state index < -0.39 is 39.7 Å². The number of amides is 3. The molecule has 0 saturated carbocycles. The monoisotopic (exact) mass is 586 g/mol. The lowest BCUT2D eigenvalue weighted by Gasteiger charge is -2.30. The van der Waals surface area contributed by atoms with Crippen LogP contribution in [0.3, 0.4) is 0 Å². The number of rotatable bonds is 6. The summed E-state index contributed by atoms with van der Waals surface area (Å²) < 4.78 is 1.37. The van der Waals surface area contributed by atoms with Crippen molar-refractivity contribution in [2.24, 2.45) is 5.92 Å². The molecule has 1 N–H and O–H groups in total. The van der Waals surface area contributed by atoms with Crippen molar-refractivity contribution in [1.82, 2.24) is 4.57 Å². The van der Waals surface area contributed by atoms with Crippen molar-refractivity contribution in [2.75, 3.05) is 10.2 Å². The largest absolute Gasteiger partial charge is 0.325 e.